The van der Waals surface area contributed by atoms with Crippen LogP contribution in [-0.4, -0.2) is 132 Å². The van der Waals surface area contributed by atoms with E-state index in [1.165, 1.54) is 75.7 Å². The van der Waals surface area contributed by atoms with Gasteiger partial charge in [0.2, 0.25) is 0 Å². The van der Waals surface area contributed by atoms with E-state index in [0.29, 0.717) is 19.3 Å². The number of carbonyl (C=O) groups excluding carboxylic acids is 2. The molecule has 0 radical (unpaired) electrons. The van der Waals surface area contributed by atoms with Crippen LogP contribution >= 0.6 is 7.82 Å². The van der Waals surface area contributed by atoms with Gasteiger partial charge in [-0.15, -0.1) is 0 Å². The molecule has 1 aliphatic heterocycles. The Hall–Kier alpha value is -1.79. The zero-order valence-corrected chi connectivity index (χ0v) is 36.7. The van der Waals surface area contributed by atoms with E-state index in [2.05, 4.69) is 6.92 Å². The lowest BCUT2D eigenvalue weighted by Gasteiger charge is -2.37. The van der Waals surface area contributed by atoms with E-state index in [-0.39, 0.29) is 19.3 Å². The Kier molecular flexibility index (Phi) is 27.5. The third-order valence-corrected chi connectivity index (χ3v) is 12.4. The van der Waals surface area contributed by atoms with Crippen molar-refractivity contribution in [1.29, 1.82) is 0 Å². The van der Waals surface area contributed by atoms with Crippen LogP contribution in [-0.2, 0) is 32.7 Å². The summed E-state index contributed by atoms with van der Waals surface area (Å²) in [7, 11) is -5.42. The molecule has 0 amide bonds. The lowest BCUT2D eigenvalue weighted by molar-refractivity contribution is -0.167. The van der Waals surface area contributed by atoms with Crippen LogP contribution in [0.25, 0.3) is 0 Å². The fraction of sp³-hybridized carbons (Fsp3) is 0.860. The van der Waals surface area contributed by atoms with Crippen LogP contribution < -0.4 is 0 Å². The molecule has 1 saturated carbocycles. The van der Waals surface area contributed by atoms with Crippen molar-refractivity contribution in [2.24, 2.45) is 11.8 Å². The van der Waals surface area contributed by atoms with Crippen LogP contribution in [0.3, 0.4) is 0 Å². The number of hydrogen-bond acceptors (Lipinski definition) is 15. The summed E-state index contributed by atoms with van der Waals surface area (Å²) in [6, 6.07) is 0. The van der Waals surface area contributed by atoms with E-state index in [1.807, 2.05) is 6.92 Å². The van der Waals surface area contributed by atoms with E-state index in [1.54, 1.807) is 0 Å². The molecule has 1 heterocycles. The van der Waals surface area contributed by atoms with E-state index in [9.17, 15) is 59.9 Å². The van der Waals surface area contributed by atoms with E-state index in [0.717, 1.165) is 38.5 Å². The van der Waals surface area contributed by atoms with Gasteiger partial charge in [0, 0.05) is 24.7 Å². The number of aliphatic hydroxyl groups is 8. The van der Waals surface area contributed by atoms with Gasteiger partial charge in [0.1, 0.15) is 31.0 Å². The summed E-state index contributed by atoms with van der Waals surface area (Å²) in [5.74, 6) is -4.23. The lowest BCUT2D eigenvalue weighted by Crippen LogP contribution is -2.55. The number of carbonyl (C=O) groups is 2. The Morgan fingerprint density at radius 1 is 0.783 bits per heavy atom. The second kappa shape index (κ2) is 30.3. The summed E-state index contributed by atoms with van der Waals surface area (Å²) in [6.45, 7) is 2.79. The molecule has 2 rings (SSSR count). The third-order valence-electron chi connectivity index (χ3n) is 11.4. The van der Waals surface area contributed by atoms with E-state index < -0.39 is 112 Å². The minimum absolute atomic E-state index is 0.104. The summed E-state index contributed by atoms with van der Waals surface area (Å²) in [6.07, 6.45) is 2.69. The van der Waals surface area contributed by atoms with Crippen molar-refractivity contribution in [1.82, 2.24) is 0 Å². The molecule has 1 fully saturated rings. The Morgan fingerprint density at radius 2 is 1.35 bits per heavy atom. The van der Waals surface area contributed by atoms with Gasteiger partial charge < -0.3 is 55.2 Å². The molecule has 0 saturated heterocycles. The number of aliphatic hydroxyl groups excluding tert-OH is 8. The first-order valence-electron chi connectivity index (χ1n) is 22.4. The standard InChI is InChI=1S/C43H77O16P/c1-3-5-7-8-9-10-11-12-13-14-15-16-18-23-36(47)56-28-31-29-57-60(54,55)59-43-41(52)39(50)33(26-25-30(44)21-17-6-4-2)35(46)27-34(45)32(38(49)40(51)42(43)53)22-19-20-24-37(48)58-31/h19-20,25-26,30-35,38-46,49-53H,3-18,21-24,27-29H2,1-2H3,(H,54,55)/b20-19-,26-25-/t30-,31-,32-,33+,34+,35-,38-,39-,40+,41-,42-,43-/m1/s1. The number of fused-ring (bicyclic) bond motifs is 4. The molecule has 0 aromatic rings. The zero-order chi connectivity index (χ0) is 44.5. The molecule has 2 aliphatic rings. The number of phosphoric acid groups is 1. The molecule has 17 heteroatoms. The average Bonchev–Trinajstić information content (AvgIpc) is 3.21. The maximum absolute atomic E-state index is 13.4. The number of phosphoric ester groups is 1. The molecule has 2 bridgehead atoms. The van der Waals surface area contributed by atoms with Gasteiger partial charge in [-0.2, -0.15) is 0 Å². The number of hydrogen-bond donors (Lipinski definition) is 9. The van der Waals surface area contributed by atoms with Crippen LogP contribution in [0.4, 0.5) is 0 Å². The first-order chi connectivity index (χ1) is 28.6. The number of esters is 2. The maximum Gasteiger partial charge on any atom is 0.472 e. The summed E-state index contributed by atoms with van der Waals surface area (Å²) in [5, 5.41) is 89.3. The molecule has 9 N–H and O–H groups in total. The van der Waals surface area contributed by atoms with Gasteiger partial charge in [-0.3, -0.25) is 18.6 Å². The smallest absolute Gasteiger partial charge is 0.462 e. The summed E-state index contributed by atoms with van der Waals surface area (Å²) >= 11 is 0. The molecular weight excluding hydrogens is 803 g/mol. The molecule has 1 unspecified atom stereocenters. The lowest BCUT2D eigenvalue weighted by atomic mass is 9.83. The monoisotopic (exact) mass is 880 g/mol. The van der Waals surface area contributed by atoms with Gasteiger partial charge >= 0.3 is 19.8 Å². The first kappa shape index (κ1) is 54.3. The highest BCUT2D eigenvalue weighted by Gasteiger charge is 2.49. The fourth-order valence-corrected chi connectivity index (χ4v) is 8.59. The van der Waals surface area contributed by atoms with E-state index in [4.69, 9.17) is 18.5 Å². The normalized spacial score (nSPS) is 33.6. The topological polar surface area (TPSA) is 270 Å². The zero-order valence-electron chi connectivity index (χ0n) is 35.8. The molecule has 350 valence electrons. The minimum Gasteiger partial charge on any atom is -0.462 e. The van der Waals surface area contributed by atoms with Crippen molar-refractivity contribution >= 4 is 19.8 Å². The fourth-order valence-electron chi connectivity index (χ4n) is 7.62. The molecule has 13 atom stereocenters. The number of ether oxygens (including phenoxy) is 2. The van der Waals surface area contributed by atoms with Crippen molar-refractivity contribution in [2.75, 3.05) is 13.2 Å². The number of unbranched alkanes of at least 4 members (excludes halogenated alkanes) is 14. The first-order valence-corrected chi connectivity index (χ1v) is 23.9. The summed E-state index contributed by atoms with van der Waals surface area (Å²) in [4.78, 5) is 36.2. The highest BCUT2D eigenvalue weighted by Crippen LogP contribution is 2.47. The number of allylic oxidation sites excluding steroid dienone is 1. The second-order valence-electron chi connectivity index (χ2n) is 16.5. The molecule has 60 heavy (non-hydrogen) atoms. The number of rotatable bonds is 22. The van der Waals surface area contributed by atoms with Crippen molar-refractivity contribution in [2.45, 2.75) is 210 Å². The maximum atomic E-state index is 13.4. The molecular formula is C43H77O16P. The highest BCUT2D eigenvalue weighted by atomic mass is 31.2. The Balaban J connectivity index is 2.17. The van der Waals surface area contributed by atoms with Crippen LogP contribution in [0.15, 0.2) is 24.3 Å². The van der Waals surface area contributed by atoms with Crippen LogP contribution in [0.5, 0.6) is 0 Å². The van der Waals surface area contributed by atoms with Gasteiger partial charge in [0.15, 0.2) is 6.10 Å². The predicted molar refractivity (Wildman–Crippen MR) is 223 cm³/mol. The average molecular weight is 881 g/mol. The quantitative estimate of drug-likeness (QED) is 0.0315. The van der Waals surface area contributed by atoms with Crippen LogP contribution in [0, 0.1) is 11.8 Å². The van der Waals surface area contributed by atoms with Crippen LogP contribution in [0.2, 0.25) is 0 Å². The van der Waals surface area contributed by atoms with Gasteiger partial charge in [-0.1, -0.05) is 134 Å². The highest BCUT2D eigenvalue weighted by molar-refractivity contribution is 7.47. The van der Waals surface area contributed by atoms with Gasteiger partial charge in [0.25, 0.3) is 0 Å². The molecule has 16 nitrogen and oxygen atoms in total. The second-order valence-corrected chi connectivity index (χ2v) is 18.0. The minimum atomic E-state index is -5.42. The molecule has 0 aromatic heterocycles. The Morgan fingerprint density at radius 3 is 1.97 bits per heavy atom. The van der Waals surface area contributed by atoms with E-state index >= 15 is 0 Å². The van der Waals surface area contributed by atoms with Gasteiger partial charge in [-0.25, -0.2) is 4.57 Å². The van der Waals surface area contributed by atoms with Crippen molar-refractivity contribution in [3.63, 3.8) is 0 Å². The Labute approximate surface area is 356 Å². The van der Waals surface area contributed by atoms with Crippen molar-refractivity contribution in [3.05, 3.63) is 24.3 Å². The van der Waals surface area contributed by atoms with Crippen molar-refractivity contribution in [3.8, 4) is 0 Å². The van der Waals surface area contributed by atoms with Gasteiger partial charge in [-0.05, 0) is 19.3 Å². The largest absolute Gasteiger partial charge is 0.472 e. The van der Waals surface area contributed by atoms with Crippen LogP contribution in [0.1, 0.15) is 149 Å². The SMILES string of the molecule is CCCCCCCCCCCCCCCC(=O)OC[C@@H]1COP(=O)(O)O[C@H]2[C@H](O)[C@@H](O)[C@H](O)[C@H](C/C=C\CC(=O)O1)[C@@H](O)C[C@@H](O)[C@H](/C=C\[C@H](O)CCCCC)[C@@H](O)[C@H]2O. The molecule has 0 aromatic carbocycles. The predicted octanol–water partition coefficient (Wildman–Crippen LogP) is 4.43. The Bertz CT molecular complexity index is 1280. The van der Waals surface area contributed by atoms with Gasteiger partial charge in [0.05, 0.1) is 43.5 Å². The summed E-state index contributed by atoms with van der Waals surface area (Å²) < 4.78 is 34.3. The number of cyclic esters (lactones) is 1. The molecule has 0 spiro atoms. The van der Waals surface area contributed by atoms with Crippen molar-refractivity contribution < 1.29 is 78.4 Å². The summed E-state index contributed by atoms with van der Waals surface area (Å²) in [5.41, 5.74) is 0. The molecule has 1 aliphatic carbocycles. The third kappa shape index (κ3) is 21.1.